The molecule has 0 spiro atoms. The number of nitrogens with zero attached hydrogens (tertiary/aromatic N) is 3. The molecule has 0 radical (unpaired) electrons. The largest absolute Gasteiger partial charge is 0.416 e. The van der Waals surface area contributed by atoms with E-state index in [2.05, 4.69) is 15.3 Å². The van der Waals surface area contributed by atoms with Gasteiger partial charge in [-0.15, -0.1) is 0 Å². The van der Waals surface area contributed by atoms with E-state index in [1.54, 1.807) is 0 Å². The molecular formula is C12H15F3N4. The third-order valence-corrected chi connectivity index (χ3v) is 2.87. The number of guanidine groups is 1. The Kier molecular flexibility index (Phi) is 3.92. The number of halogens is 3. The van der Waals surface area contributed by atoms with Crippen LogP contribution in [0.25, 0.3) is 0 Å². The molecule has 0 aromatic carbocycles. The van der Waals surface area contributed by atoms with Gasteiger partial charge in [0.05, 0.1) is 12.1 Å². The minimum Gasteiger partial charge on any atom is -0.356 e. The van der Waals surface area contributed by atoms with E-state index in [1.807, 2.05) is 11.9 Å². The summed E-state index contributed by atoms with van der Waals surface area (Å²) in [5.74, 6) is 0.784. The van der Waals surface area contributed by atoms with Gasteiger partial charge in [-0.05, 0) is 12.1 Å². The number of alkyl halides is 3. The Labute approximate surface area is 109 Å². The molecule has 0 aliphatic carbocycles. The van der Waals surface area contributed by atoms with Crippen LogP contribution in [0.15, 0.2) is 23.3 Å². The zero-order valence-corrected chi connectivity index (χ0v) is 10.5. The number of aliphatic imine (C=N–C) groups is 1. The van der Waals surface area contributed by atoms with Crippen LogP contribution in [0.1, 0.15) is 11.3 Å². The summed E-state index contributed by atoms with van der Waals surface area (Å²) in [5, 5.41) is 3.09. The quantitative estimate of drug-likeness (QED) is 0.907. The van der Waals surface area contributed by atoms with Crippen LogP contribution in [0, 0.1) is 0 Å². The van der Waals surface area contributed by atoms with E-state index >= 15 is 0 Å². The minimum absolute atomic E-state index is 0.420. The standard InChI is InChI=1S/C12H15F3N4/c1-19-7-6-18-11(19)17-5-3-10-8-9(2-4-16-10)12(13,14)15/h2,4,8H,3,5-7H2,1H3,(H,17,18). The maximum absolute atomic E-state index is 12.5. The molecule has 0 bridgehead atoms. The van der Waals surface area contributed by atoms with Crippen LogP contribution in [0.3, 0.4) is 0 Å². The number of hydrogen-bond acceptors (Lipinski definition) is 4. The van der Waals surface area contributed by atoms with Gasteiger partial charge in [-0.2, -0.15) is 13.2 Å². The average Bonchev–Trinajstić information content (AvgIpc) is 2.75. The van der Waals surface area contributed by atoms with Gasteiger partial charge in [0, 0.05) is 38.4 Å². The van der Waals surface area contributed by atoms with E-state index in [9.17, 15) is 13.2 Å². The van der Waals surface area contributed by atoms with Gasteiger partial charge in [0.1, 0.15) is 0 Å². The molecule has 0 unspecified atom stereocenters. The second-order valence-corrected chi connectivity index (χ2v) is 4.34. The van der Waals surface area contributed by atoms with Crippen molar-refractivity contribution in [3.63, 3.8) is 0 Å². The highest BCUT2D eigenvalue weighted by Crippen LogP contribution is 2.28. The Bertz CT molecular complexity index is 470. The molecule has 19 heavy (non-hydrogen) atoms. The van der Waals surface area contributed by atoms with Crippen molar-refractivity contribution in [2.24, 2.45) is 4.99 Å². The molecule has 2 rings (SSSR count). The molecule has 1 aromatic rings. The SMILES string of the molecule is CN1CCN=C1NCCc1cc(C(F)(F)F)ccn1. The molecular weight excluding hydrogens is 257 g/mol. The van der Waals surface area contributed by atoms with Crippen LogP contribution in [0.2, 0.25) is 0 Å². The van der Waals surface area contributed by atoms with Crippen LogP contribution < -0.4 is 5.32 Å². The van der Waals surface area contributed by atoms with Crippen molar-refractivity contribution in [2.75, 3.05) is 26.7 Å². The van der Waals surface area contributed by atoms with E-state index in [-0.39, 0.29) is 0 Å². The van der Waals surface area contributed by atoms with E-state index in [0.717, 1.165) is 31.2 Å². The lowest BCUT2D eigenvalue weighted by atomic mass is 10.2. The van der Waals surface area contributed by atoms with Crippen molar-refractivity contribution < 1.29 is 13.2 Å². The van der Waals surface area contributed by atoms with Crippen LogP contribution in [0.5, 0.6) is 0 Å². The summed E-state index contributed by atoms with van der Waals surface area (Å²) in [6.07, 6.45) is -2.70. The number of likely N-dealkylation sites (N-methyl/N-ethyl adjacent to an activating group) is 1. The number of nitrogens with one attached hydrogen (secondary N) is 1. The molecule has 104 valence electrons. The fourth-order valence-corrected chi connectivity index (χ4v) is 1.82. The molecule has 1 aliphatic rings. The number of aromatic nitrogens is 1. The van der Waals surface area contributed by atoms with E-state index in [1.165, 1.54) is 6.20 Å². The van der Waals surface area contributed by atoms with Crippen molar-refractivity contribution in [1.82, 2.24) is 15.2 Å². The summed E-state index contributed by atoms with van der Waals surface area (Å²) in [6, 6.07) is 2.06. The summed E-state index contributed by atoms with van der Waals surface area (Å²) in [5.41, 5.74) is -0.239. The molecule has 2 heterocycles. The van der Waals surface area contributed by atoms with Gasteiger partial charge in [-0.25, -0.2) is 0 Å². The van der Waals surface area contributed by atoms with Crippen LogP contribution in [0.4, 0.5) is 13.2 Å². The Morgan fingerprint density at radius 1 is 1.42 bits per heavy atom. The van der Waals surface area contributed by atoms with Crippen molar-refractivity contribution in [1.29, 1.82) is 0 Å². The third-order valence-electron chi connectivity index (χ3n) is 2.87. The second-order valence-electron chi connectivity index (χ2n) is 4.34. The lowest BCUT2D eigenvalue weighted by Gasteiger charge is -2.15. The summed E-state index contributed by atoms with van der Waals surface area (Å²) < 4.78 is 37.6. The summed E-state index contributed by atoms with van der Waals surface area (Å²) >= 11 is 0. The zero-order valence-electron chi connectivity index (χ0n) is 10.5. The molecule has 1 N–H and O–H groups in total. The fourth-order valence-electron chi connectivity index (χ4n) is 1.82. The van der Waals surface area contributed by atoms with Crippen molar-refractivity contribution in [2.45, 2.75) is 12.6 Å². The first kappa shape index (κ1) is 13.6. The maximum Gasteiger partial charge on any atom is 0.416 e. The molecule has 4 nitrogen and oxygen atoms in total. The van der Waals surface area contributed by atoms with E-state index in [4.69, 9.17) is 0 Å². The Hall–Kier alpha value is -1.79. The highest BCUT2D eigenvalue weighted by atomic mass is 19.4. The minimum atomic E-state index is -4.32. The number of pyridine rings is 1. The van der Waals surface area contributed by atoms with Gasteiger partial charge in [0.15, 0.2) is 5.96 Å². The van der Waals surface area contributed by atoms with E-state index < -0.39 is 11.7 Å². The summed E-state index contributed by atoms with van der Waals surface area (Å²) in [4.78, 5) is 10.2. The maximum atomic E-state index is 12.5. The van der Waals surface area contributed by atoms with E-state index in [0.29, 0.717) is 18.7 Å². The summed E-state index contributed by atoms with van der Waals surface area (Å²) in [6.45, 7) is 2.13. The first-order valence-corrected chi connectivity index (χ1v) is 5.98. The van der Waals surface area contributed by atoms with Gasteiger partial charge < -0.3 is 10.2 Å². The zero-order chi connectivity index (χ0) is 13.9. The van der Waals surface area contributed by atoms with Crippen molar-refractivity contribution in [3.8, 4) is 0 Å². The molecule has 0 fully saturated rings. The molecule has 1 aliphatic heterocycles. The van der Waals surface area contributed by atoms with Crippen LogP contribution >= 0.6 is 0 Å². The normalized spacial score (nSPS) is 15.6. The molecule has 0 atom stereocenters. The van der Waals surface area contributed by atoms with Gasteiger partial charge in [-0.1, -0.05) is 0 Å². The second kappa shape index (κ2) is 5.46. The van der Waals surface area contributed by atoms with Crippen LogP contribution in [-0.4, -0.2) is 42.5 Å². The average molecular weight is 272 g/mol. The lowest BCUT2D eigenvalue weighted by Crippen LogP contribution is -2.36. The van der Waals surface area contributed by atoms with Gasteiger partial charge in [-0.3, -0.25) is 9.98 Å². The first-order valence-electron chi connectivity index (χ1n) is 5.98. The predicted molar refractivity (Wildman–Crippen MR) is 65.9 cm³/mol. The number of rotatable bonds is 3. The van der Waals surface area contributed by atoms with Crippen molar-refractivity contribution in [3.05, 3.63) is 29.6 Å². The predicted octanol–water partition coefficient (Wildman–Crippen LogP) is 1.53. The smallest absolute Gasteiger partial charge is 0.356 e. The van der Waals surface area contributed by atoms with Gasteiger partial charge in [0.2, 0.25) is 0 Å². The van der Waals surface area contributed by atoms with Gasteiger partial charge >= 0.3 is 6.18 Å². The molecule has 0 saturated carbocycles. The van der Waals surface area contributed by atoms with Crippen LogP contribution in [-0.2, 0) is 12.6 Å². The molecule has 0 amide bonds. The van der Waals surface area contributed by atoms with Crippen molar-refractivity contribution >= 4 is 5.96 Å². The Balaban J connectivity index is 1.90. The molecule has 0 saturated heterocycles. The summed E-state index contributed by atoms with van der Waals surface area (Å²) in [7, 11) is 1.92. The number of hydrogen-bond donors (Lipinski definition) is 1. The Morgan fingerprint density at radius 3 is 2.84 bits per heavy atom. The highest BCUT2D eigenvalue weighted by Gasteiger charge is 2.30. The Morgan fingerprint density at radius 2 is 2.21 bits per heavy atom. The molecule has 1 aromatic heterocycles. The monoisotopic (exact) mass is 272 g/mol. The fraction of sp³-hybridized carbons (Fsp3) is 0.500. The highest BCUT2D eigenvalue weighted by molar-refractivity contribution is 5.81. The topological polar surface area (TPSA) is 40.5 Å². The molecule has 7 heteroatoms. The third kappa shape index (κ3) is 3.59. The lowest BCUT2D eigenvalue weighted by molar-refractivity contribution is -0.137. The first-order chi connectivity index (χ1) is 8.97. The van der Waals surface area contributed by atoms with Gasteiger partial charge in [0.25, 0.3) is 0 Å².